The molecule has 2 aliphatic rings. The Kier molecular flexibility index (Phi) is 5.47. The van der Waals surface area contributed by atoms with E-state index in [1.54, 1.807) is 7.11 Å². The molecule has 1 unspecified atom stereocenters. The number of aryl methyl sites for hydroxylation is 1. The molecule has 1 saturated heterocycles. The molecule has 0 bridgehead atoms. The van der Waals surface area contributed by atoms with E-state index in [-0.39, 0.29) is 23.5 Å². The van der Waals surface area contributed by atoms with Crippen LogP contribution < -0.4 is 4.74 Å². The Morgan fingerprint density at radius 1 is 0.964 bits per heavy atom. The van der Waals surface area contributed by atoms with E-state index < -0.39 is 0 Å². The number of nitrogens with zero attached hydrogens (tertiary/aromatic N) is 1. The molecular weight excluding hydrogens is 350 g/mol. The Balaban J connectivity index is 1.39. The first-order valence-corrected chi connectivity index (χ1v) is 10.2. The maximum atomic E-state index is 13.2. The van der Waals surface area contributed by atoms with E-state index in [1.165, 1.54) is 11.1 Å². The van der Waals surface area contributed by atoms with Gasteiger partial charge in [-0.15, -0.1) is 0 Å². The van der Waals surface area contributed by atoms with Gasteiger partial charge in [0.25, 0.3) is 0 Å². The van der Waals surface area contributed by atoms with Gasteiger partial charge in [0.15, 0.2) is 5.78 Å². The van der Waals surface area contributed by atoms with E-state index in [9.17, 15) is 9.59 Å². The number of likely N-dealkylation sites (tertiary alicyclic amines) is 1. The molecule has 4 rings (SSSR count). The van der Waals surface area contributed by atoms with Crippen LogP contribution in [-0.4, -0.2) is 36.8 Å². The quantitative estimate of drug-likeness (QED) is 0.749. The van der Waals surface area contributed by atoms with Crippen molar-refractivity contribution >= 4 is 11.7 Å². The standard InChI is InChI=1S/C24H27NO3/c1-28-20-11-9-18(10-12-20)23(26)19-13-15-25(16-14-19)24(27)22-8-4-6-17-5-2-3-7-21(17)22/h2-3,5,7,9-12,19,22H,4,6,8,13-16H2,1H3. The predicted molar refractivity (Wildman–Crippen MR) is 109 cm³/mol. The molecule has 1 aliphatic carbocycles. The summed E-state index contributed by atoms with van der Waals surface area (Å²) in [5.41, 5.74) is 3.25. The van der Waals surface area contributed by atoms with E-state index in [2.05, 4.69) is 18.2 Å². The number of carbonyl (C=O) groups excluding carboxylic acids is 2. The van der Waals surface area contributed by atoms with Crippen LogP contribution in [0.5, 0.6) is 5.75 Å². The molecule has 0 N–H and O–H groups in total. The lowest BCUT2D eigenvalue weighted by Gasteiger charge is -2.35. The third-order valence-electron chi connectivity index (χ3n) is 6.22. The van der Waals surface area contributed by atoms with Crippen molar-refractivity contribution in [1.82, 2.24) is 4.90 Å². The lowest BCUT2D eigenvalue weighted by atomic mass is 9.81. The second kappa shape index (κ2) is 8.17. The number of carbonyl (C=O) groups is 2. The topological polar surface area (TPSA) is 46.6 Å². The minimum Gasteiger partial charge on any atom is -0.497 e. The average molecular weight is 377 g/mol. The molecule has 4 nitrogen and oxygen atoms in total. The summed E-state index contributed by atoms with van der Waals surface area (Å²) in [6, 6.07) is 15.7. The zero-order chi connectivity index (χ0) is 19.5. The molecular formula is C24H27NO3. The van der Waals surface area contributed by atoms with Crippen LogP contribution in [0.1, 0.15) is 53.1 Å². The molecule has 146 valence electrons. The van der Waals surface area contributed by atoms with Gasteiger partial charge in [0, 0.05) is 24.6 Å². The molecule has 2 aromatic rings. The van der Waals surface area contributed by atoms with Crippen molar-refractivity contribution in [3.63, 3.8) is 0 Å². The number of fused-ring (bicyclic) bond motifs is 1. The van der Waals surface area contributed by atoms with E-state index in [0.717, 1.165) is 43.4 Å². The number of amides is 1. The highest BCUT2D eigenvalue weighted by Crippen LogP contribution is 2.34. The zero-order valence-corrected chi connectivity index (χ0v) is 16.4. The molecule has 0 radical (unpaired) electrons. The fourth-order valence-electron chi connectivity index (χ4n) is 4.58. The van der Waals surface area contributed by atoms with E-state index in [4.69, 9.17) is 4.74 Å². The maximum Gasteiger partial charge on any atom is 0.230 e. The van der Waals surface area contributed by atoms with Crippen molar-refractivity contribution in [2.75, 3.05) is 20.2 Å². The SMILES string of the molecule is COc1ccc(C(=O)C2CCN(C(=O)C3CCCc4ccccc43)CC2)cc1. The normalized spacial score (nSPS) is 19.8. The van der Waals surface area contributed by atoms with Crippen LogP contribution in [0.4, 0.5) is 0 Å². The van der Waals surface area contributed by atoms with Crippen molar-refractivity contribution < 1.29 is 14.3 Å². The first kappa shape index (κ1) is 18.7. The van der Waals surface area contributed by atoms with E-state index in [0.29, 0.717) is 13.1 Å². The zero-order valence-electron chi connectivity index (χ0n) is 16.4. The number of methoxy groups -OCH3 is 1. The summed E-state index contributed by atoms with van der Waals surface area (Å²) < 4.78 is 5.16. The summed E-state index contributed by atoms with van der Waals surface area (Å²) in [7, 11) is 1.62. The minimum atomic E-state index is -0.0150. The summed E-state index contributed by atoms with van der Waals surface area (Å²) in [5.74, 6) is 1.15. The summed E-state index contributed by atoms with van der Waals surface area (Å²) >= 11 is 0. The molecule has 0 spiro atoms. The van der Waals surface area contributed by atoms with Crippen LogP contribution in [0.15, 0.2) is 48.5 Å². The Morgan fingerprint density at radius 3 is 2.39 bits per heavy atom. The number of ketones is 1. The summed E-state index contributed by atoms with van der Waals surface area (Å²) in [4.78, 5) is 27.9. The van der Waals surface area contributed by atoms with E-state index in [1.807, 2.05) is 35.2 Å². The molecule has 28 heavy (non-hydrogen) atoms. The predicted octanol–water partition coefficient (Wildman–Crippen LogP) is 4.24. The summed E-state index contributed by atoms with van der Waals surface area (Å²) in [5, 5.41) is 0. The number of Topliss-reactive ketones (excluding diaryl/α,β-unsaturated/α-hetero) is 1. The van der Waals surface area contributed by atoms with Crippen molar-refractivity contribution in [2.24, 2.45) is 5.92 Å². The van der Waals surface area contributed by atoms with Gasteiger partial charge in [-0.1, -0.05) is 24.3 Å². The third-order valence-corrected chi connectivity index (χ3v) is 6.22. The molecule has 1 heterocycles. The smallest absolute Gasteiger partial charge is 0.230 e. The van der Waals surface area contributed by atoms with Crippen molar-refractivity contribution in [3.05, 3.63) is 65.2 Å². The third kappa shape index (κ3) is 3.68. The first-order chi connectivity index (χ1) is 13.7. The number of ether oxygens (including phenoxy) is 1. The molecule has 0 aromatic heterocycles. The van der Waals surface area contributed by atoms with Gasteiger partial charge < -0.3 is 9.64 Å². The Hall–Kier alpha value is -2.62. The van der Waals surface area contributed by atoms with Gasteiger partial charge in [0.2, 0.25) is 5.91 Å². The second-order valence-corrected chi connectivity index (χ2v) is 7.84. The van der Waals surface area contributed by atoms with Gasteiger partial charge >= 0.3 is 0 Å². The first-order valence-electron chi connectivity index (χ1n) is 10.2. The second-order valence-electron chi connectivity index (χ2n) is 7.84. The highest BCUT2D eigenvalue weighted by atomic mass is 16.5. The number of hydrogen-bond acceptors (Lipinski definition) is 3. The molecule has 1 fully saturated rings. The van der Waals surface area contributed by atoms with Gasteiger partial charge in [-0.05, 0) is 67.5 Å². The molecule has 1 amide bonds. The molecule has 2 aromatic carbocycles. The number of hydrogen-bond donors (Lipinski definition) is 0. The highest BCUT2D eigenvalue weighted by molar-refractivity contribution is 5.98. The fourth-order valence-corrected chi connectivity index (χ4v) is 4.58. The molecule has 4 heteroatoms. The van der Waals surface area contributed by atoms with Crippen molar-refractivity contribution in [1.29, 1.82) is 0 Å². The van der Waals surface area contributed by atoms with Crippen LogP contribution in [0, 0.1) is 5.92 Å². The lowest BCUT2D eigenvalue weighted by molar-refractivity contribution is -0.134. The van der Waals surface area contributed by atoms with Crippen LogP contribution in [0.2, 0.25) is 0 Å². The average Bonchev–Trinajstić information content (AvgIpc) is 2.78. The molecule has 1 atom stereocenters. The Labute approximate surface area is 166 Å². The van der Waals surface area contributed by atoms with Gasteiger partial charge in [0.1, 0.15) is 5.75 Å². The largest absolute Gasteiger partial charge is 0.497 e. The van der Waals surface area contributed by atoms with Gasteiger partial charge in [-0.3, -0.25) is 9.59 Å². The molecule has 1 aliphatic heterocycles. The Morgan fingerprint density at radius 2 is 1.68 bits per heavy atom. The van der Waals surface area contributed by atoms with Crippen LogP contribution in [0.25, 0.3) is 0 Å². The fraction of sp³-hybridized carbons (Fsp3) is 0.417. The van der Waals surface area contributed by atoms with Gasteiger partial charge in [-0.25, -0.2) is 0 Å². The number of benzene rings is 2. The van der Waals surface area contributed by atoms with Crippen molar-refractivity contribution in [2.45, 2.75) is 38.0 Å². The van der Waals surface area contributed by atoms with Gasteiger partial charge in [-0.2, -0.15) is 0 Å². The monoisotopic (exact) mass is 377 g/mol. The highest BCUT2D eigenvalue weighted by Gasteiger charge is 2.33. The summed E-state index contributed by atoms with van der Waals surface area (Å²) in [6.45, 7) is 1.34. The minimum absolute atomic E-state index is 0.00362. The lowest BCUT2D eigenvalue weighted by Crippen LogP contribution is -2.43. The van der Waals surface area contributed by atoms with Crippen LogP contribution in [0.3, 0.4) is 0 Å². The van der Waals surface area contributed by atoms with Crippen LogP contribution in [-0.2, 0) is 11.2 Å². The molecule has 0 saturated carbocycles. The number of piperidine rings is 1. The Bertz CT molecular complexity index is 850. The summed E-state index contributed by atoms with van der Waals surface area (Å²) in [6.07, 6.45) is 4.55. The number of rotatable bonds is 4. The van der Waals surface area contributed by atoms with Crippen molar-refractivity contribution in [3.8, 4) is 5.75 Å². The van der Waals surface area contributed by atoms with E-state index >= 15 is 0 Å². The van der Waals surface area contributed by atoms with Crippen LogP contribution >= 0.6 is 0 Å². The maximum absolute atomic E-state index is 13.2. The van der Waals surface area contributed by atoms with Gasteiger partial charge in [0.05, 0.1) is 13.0 Å².